The minimum Gasteiger partial charge on any atom is -0.496 e. The van der Waals surface area contributed by atoms with Gasteiger partial charge in [0.15, 0.2) is 5.78 Å². The average molecular weight is 521 g/mol. The van der Waals surface area contributed by atoms with Gasteiger partial charge >= 0.3 is 6.18 Å². The van der Waals surface area contributed by atoms with Crippen molar-refractivity contribution in [2.45, 2.75) is 30.5 Å². The van der Waals surface area contributed by atoms with Gasteiger partial charge in [-0.15, -0.1) is 0 Å². The Morgan fingerprint density at radius 2 is 1.69 bits per heavy atom. The molecule has 0 aliphatic carbocycles. The number of carbonyl (C=O) groups is 1. The molecule has 7 nitrogen and oxygen atoms in total. The Balaban J connectivity index is 1.62. The first kappa shape index (κ1) is 25.6. The van der Waals surface area contributed by atoms with Crippen LogP contribution in [0.5, 0.6) is 5.75 Å². The third kappa shape index (κ3) is 5.21. The number of halogens is 3. The van der Waals surface area contributed by atoms with Gasteiger partial charge in [-0.2, -0.15) is 17.5 Å². The number of hydrogen-bond donors (Lipinski definition) is 0. The molecule has 190 valence electrons. The lowest BCUT2D eigenvalue weighted by Crippen LogP contribution is -2.30. The topological polar surface area (TPSA) is 85.7 Å². The van der Waals surface area contributed by atoms with E-state index in [2.05, 4.69) is 0 Å². The summed E-state index contributed by atoms with van der Waals surface area (Å²) in [5.74, 6) is -0.413. The molecule has 4 rings (SSSR count). The van der Waals surface area contributed by atoms with Crippen LogP contribution in [0, 0.1) is 0 Å². The summed E-state index contributed by atoms with van der Waals surface area (Å²) in [5, 5.41) is 0. The molecule has 1 saturated heterocycles. The van der Waals surface area contributed by atoms with E-state index in [1.807, 2.05) is 0 Å². The maximum Gasteiger partial charge on any atom is 0.416 e. The summed E-state index contributed by atoms with van der Waals surface area (Å²) >= 11 is 0. The number of sulfonamides is 1. The second-order valence-corrected chi connectivity index (χ2v) is 10.3. The van der Waals surface area contributed by atoms with Crippen molar-refractivity contribution in [2.75, 3.05) is 20.2 Å². The fraction of sp³-hybridized carbons (Fsp3) is 0.280. The van der Waals surface area contributed by atoms with E-state index < -0.39 is 39.7 Å². The van der Waals surface area contributed by atoms with Crippen LogP contribution in [0.1, 0.15) is 28.8 Å². The molecule has 1 aliphatic heterocycles. The molecule has 36 heavy (non-hydrogen) atoms. The monoisotopic (exact) mass is 520 g/mol. The van der Waals surface area contributed by atoms with Gasteiger partial charge in [0, 0.05) is 25.4 Å². The Morgan fingerprint density at radius 3 is 2.36 bits per heavy atom. The summed E-state index contributed by atoms with van der Waals surface area (Å²) in [6.07, 6.45) is -1.83. The molecule has 0 amide bonds. The Bertz CT molecular complexity index is 1460. The van der Waals surface area contributed by atoms with Gasteiger partial charge in [0.2, 0.25) is 10.0 Å². The largest absolute Gasteiger partial charge is 0.496 e. The van der Waals surface area contributed by atoms with Crippen molar-refractivity contribution in [1.29, 1.82) is 0 Å². The first-order chi connectivity index (χ1) is 17.0. The zero-order valence-electron chi connectivity index (χ0n) is 19.3. The van der Waals surface area contributed by atoms with E-state index in [9.17, 15) is 31.2 Å². The van der Waals surface area contributed by atoms with E-state index >= 15 is 0 Å². The Kier molecular flexibility index (Phi) is 7.05. The highest BCUT2D eigenvalue weighted by Gasteiger charge is 2.31. The predicted molar refractivity (Wildman–Crippen MR) is 126 cm³/mol. The van der Waals surface area contributed by atoms with Gasteiger partial charge in [-0.25, -0.2) is 8.42 Å². The lowest BCUT2D eigenvalue weighted by atomic mass is 9.99. The number of carbonyl (C=O) groups excluding carboxylic acids is 1. The van der Waals surface area contributed by atoms with Crippen LogP contribution in [0.3, 0.4) is 0 Å². The molecule has 2 aromatic carbocycles. The molecule has 0 unspecified atom stereocenters. The van der Waals surface area contributed by atoms with Crippen LogP contribution in [-0.2, 0) is 22.7 Å². The maximum absolute atomic E-state index is 13.1. The van der Waals surface area contributed by atoms with Gasteiger partial charge in [-0.05, 0) is 54.3 Å². The van der Waals surface area contributed by atoms with E-state index in [0.29, 0.717) is 18.7 Å². The number of hydrogen-bond acceptors (Lipinski definition) is 5. The zero-order chi connectivity index (χ0) is 26.1. The van der Waals surface area contributed by atoms with Gasteiger partial charge in [0.25, 0.3) is 5.56 Å². The smallest absolute Gasteiger partial charge is 0.416 e. The zero-order valence-corrected chi connectivity index (χ0v) is 20.1. The van der Waals surface area contributed by atoms with Crippen LogP contribution in [0.4, 0.5) is 13.2 Å². The molecule has 1 aliphatic rings. The van der Waals surface area contributed by atoms with Crippen molar-refractivity contribution in [3.05, 3.63) is 82.3 Å². The van der Waals surface area contributed by atoms with Crippen molar-refractivity contribution in [3.63, 3.8) is 0 Å². The maximum atomic E-state index is 13.1. The fourth-order valence-corrected chi connectivity index (χ4v) is 5.62. The molecule has 0 N–H and O–H groups in total. The minimum absolute atomic E-state index is 0.0799. The second-order valence-electron chi connectivity index (χ2n) is 8.36. The number of rotatable bonds is 7. The van der Waals surface area contributed by atoms with E-state index in [0.717, 1.165) is 41.8 Å². The number of ether oxygens (including phenoxy) is 1. The normalized spacial score (nSPS) is 14.7. The highest BCUT2D eigenvalue weighted by atomic mass is 32.2. The lowest BCUT2D eigenvalue weighted by molar-refractivity contribution is -0.137. The Labute approximate surface area is 205 Å². The number of alkyl halides is 3. The SMILES string of the molecule is COc1cc(-c2cccc(C(F)(F)F)c2)ccc1C(=O)Cn1cc(S(=O)(=O)N2CCCC2)ccc1=O. The van der Waals surface area contributed by atoms with E-state index in [4.69, 9.17) is 4.74 Å². The van der Waals surface area contributed by atoms with Crippen LogP contribution in [0.2, 0.25) is 0 Å². The van der Waals surface area contributed by atoms with Crippen molar-refractivity contribution in [2.24, 2.45) is 0 Å². The highest BCUT2D eigenvalue weighted by Crippen LogP contribution is 2.34. The molecular formula is C25H23F3N2O5S. The third-order valence-electron chi connectivity index (χ3n) is 6.00. The second kappa shape index (κ2) is 9.90. The summed E-state index contributed by atoms with van der Waals surface area (Å²) in [7, 11) is -2.47. The highest BCUT2D eigenvalue weighted by molar-refractivity contribution is 7.89. The molecule has 0 spiro atoms. The van der Waals surface area contributed by atoms with Crippen LogP contribution in [0.15, 0.2) is 70.5 Å². The summed E-state index contributed by atoms with van der Waals surface area (Å²) in [6.45, 7) is 0.354. The van der Waals surface area contributed by atoms with Crippen LogP contribution < -0.4 is 10.3 Å². The van der Waals surface area contributed by atoms with Crippen molar-refractivity contribution in [3.8, 4) is 16.9 Å². The molecule has 3 aromatic rings. The third-order valence-corrected chi connectivity index (χ3v) is 7.88. The number of benzene rings is 2. The number of nitrogens with zero attached hydrogens (tertiary/aromatic N) is 2. The number of methoxy groups -OCH3 is 1. The summed E-state index contributed by atoms with van der Waals surface area (Å²) in [5.41, 5.74) is -0.554. The fourth-order valence-electron chi connectivity index (χ4n) is 4.08. The quantitative estimate of drug-likeness (QED) is 0.436. The molecule has 0 bridgehead atoms. The number of aromatic nitrogens is 1. The summed E-state index contributed by atoms with van der Waals surface area (Å²) in [4.78, 5) is 25.3. The van der Waals surface area contributed by atoms with Gasteiger partial charge in [-0.1, -0.05) is 18.2 Å². The van der Waals surface area contributed by atoms with Crippen LogP contribution >= 0.6 is 0 Å². The molecule has 1 fully saturated rings. The minimum atomic E-state index is -4.50. The Morgan fingerprint density at radius 1 is 1.00 bits per heavy atom. The van der Waals surface area contributed by atoms with Gasteiger partial charge in [-0.3, -0.25) is 9.59 Å². The standard InChI is InChI=1S/C25H23F3N2O5S/c1-35-23-14-18(17-5-4-6-19(13-17)25(26,27)28)7-9-21(23)22(31)16-29-15-20(8-10-24(29)32)36(33,34)30-11-2-3-12-30/h4-10,13-15H,2-3,11-12,16H2,1H3. The van der Waals surface area contributed by atoms with Gasteiger partial charge in [0.1, 0.15) is 5.75 Å². The lowest BCUT2D eigenvalue weighted by Gasteiger charge is -2.16. The van der Waals surface area contributed by atoms with Crippen LogP contribution in [-0.4, -0.2) is 43.3 Å². The number of Topliss-reactive ketones (excluding diaryl/α,β-unsaturated/α-hetero) is 1. The van der Waals surface area contributed by atoms with E-state index in [1.165, 1.54) is 47.8 Å². The summed E-state index contributed by atoms with van der Waals surface area (Å²) in [6, 6.07) is 11.4. The van der Waals surface area contributed by atoms with Crippen LogP contribution in [0.25, 0.3) is 11.1 Å². The van der Waals surface area contributed by atoms with Crippen molar-refractivity contribution < 1.29 is 31.1 Å². The molecule has 11 heteroatoms. The summed E-state index contributed by atoms with van der Waals surface area (Å²) < 4.78 is 72.6. The first-order valence-electron chi connectivity index (χ1n) is 11.1. The Hall–Kier alpha value is -3.44. The number of ketones is 1. The molecule has 1 aromatic heterocycles. The van der Waals surface area contributed by atoms with E-state index in [-0.39, 0.29) is 21.8 Å². The molecule has 0 radical (unpaired) electrons. The molecular weight excluding hydrogens is 497 g/mol. The predicted octanol–water partition coefficient (Wildman–Crippen LogP) is 4.21. The van der Waals surface area contributed by atoms with E-state index in [1.54, 1.807) is 0 Å². The van der Waals surface area contributed by atoms with Gasteiger partial charge < -0.3 is 9.30 Å². The van der Waals surface area contributed by atoms with Crippen molar-refractivity contribution in [1.82, 2.24) is 8.87 Å². The first-order valence-corrected chi connectivity index (χ1v) is 12.5. The van der Waals surface area contributed by atoms with Gasteiger partial charge in [0.05, 0.1) is 29.7 Å². The molecule has 0 saturated carbocycles. The average Bonchev–Trinajstić information content (AvgIpc) is 3.40. The molecule has 2 heterocycles. The van der Waals surface area contributed by atoms with Crippen molar-refractivity contribution >= 4 is 15.8 Å². The number of pyridine rings is 1. The molecule has 0 atom stereocenters.